The zero-order chi connectivity index (χ0) is 22.4. The number of fused-ring (bicyclic) bond motifs is 5. The monoisotopic (exact) mass is 430 g/mol. The quantitative estimate of drug-likeness (QED) is 0.377. The van der Waals surface area contributed by atoms with Gasteiger partial charge in [0.25, 0.3) is 0 Å². The molecular formula is C28H46O3. The van der Waals surface area contributed by atoms with Gasteiger partial charge in [-0.1, -0.05) is 39.3 Å². The standard InChI is InChI=1S/C28H46O3/c1-6-28(30)17-16-26(3)20(18-28)10-11-21-23-13-12-22(27(23,4)15-14-24(21)26)19(2)8-7-9-25(29)31-5/h10,19,21-24,30H,6-9,11-18H2,1-5H3/t19-,21+,22-,23+,24+,26+,27-,28+/m1/s1. The van der Waals surface area contributed by atoms with Gasteiger partial charge >= 0.3 is 5.97 Å². The Balaban J connectivity index is 1.47. The average Bonchev–Trinajstić information content (AvgIpc) is 3.11. The minimum Gasteiger partial charge on any atom is -0.469 e. The van der Waals surface area contributed by atoms with Crippen LogP contribution in [0.1, 0.15) is 105 Å². The van der Waals surface area contributed by atoms with Gasteiger partial charge in [0.2, 0.25) is 0 Å². The predicted octanol–water partition coefficient (Wildman–Crippen LogP) is 6.69. The van der Waals surface area contributed by atoms with Gasteiger partial charge in [-0.25, -0.2) is 0 Å². The van der Waals surface area contributed by atoms with Crippen molar-refractivity contribution >= 4 is 5.97 Å². The Labute approximate surface area is 190 Å². The summed E-state index contributed by atoms with van der Waals surface area (Å²) < 4.78 is 4.84. The second-order valence-corrected chi connectivity index (χ2v) is 12.2. The van der Waals surface area contributed by atoms with Crippen molar-refractivity contribution in [3.8, 4) is 0 Å². The number of esters is 1. The highest BCUT2D eigenvalue weighted by molar-refractivity contribution is 5.68. The average molecular weight is 431 g/mol. The van der Waals surface area contributed by atoms with E-state index >= 15 is 0 Å². The van der Waals surface area contributed by atoms with Crippen LogP contribution in [0, 0.1) is 40.4 Å². The summed E-state index contributed by atoms with van der Waals surface area (Å²) >= 11 is 0. The molecule has 0 aromatic heterocycles. The van der Waals surface area contributed by atoms with E-state index in [2.05, 4.69) is 33.8 Å². The maximum atomic E-state index is 11.5. The fourth-order valence-electron chi connectivity index (χ4n) is 8.86. The minimum atomic E-state index is -0.459. The van der Waals surface area contributed by atoms with Crippen molar-refractivity contribution in [3.63, 3.8) is 0 Å². The molecular weight excluding hydrogens is 384 g/mol. The number of hydrogen-bond acceptors (Lipinski definition) is 3. The first-order valence-corrected chi connectivity index (χ1v) is 13.2. The number of aliphatic hydroxyl groups is 1. The van der Waals surface area contributed by atoms with Crippen LogP contribution in [0.5, 0.6) is 0 Å². The topological polar surface area (TPSA) is 46.5 Å². The van der Waals surface area contributed by atoms with Crippen molar-refractivity contribution < 1.29 is 14.6 Å². The van der Waals surface area contributed by atoms with Crippen LogP contribution in [-0.2, 0) is 9.53 Å². The van der Waals surface area contributed by atoms with Gasteiger partial charge in [-0.15, -0.1) is 0 Å². The van der Waals surface area contributed by atoms with Gasteiger partial charge in [-0.2, -0.15) is 0 Å². The molecule has 8 atom stereocenters. The molecule has 0 saturated heterocycles. The molecule has 0 bridgehead atoms. The van der Waals surface area contributed by atoms with Crippen LogP contribution in [0.2, 0.25) is 0 Å². The fraction of sp³-hybridized carbons (Fsp3) is 0.893. The molecule has 3 heteroatoms. The van der Waals surface area contributed by atoms with Crippen molar-refractivity contribution in [3.05, 3.63) is 11.6 Å². The molecule has 0 aliphatic heterocycles. The predicted molar refractivity (Wildman–Crippen MR) is 125 cm³/mol. The molecule has 4 rings (SSSR count). The molecule has 3 saturated carbocycles. The lowest BCUT2D eigenvalue weighted by molar-refractivity contribution is -0.140. The van der Waals surface area contributed by atoms with Crippen molar-refractivity contribution in [2.24, 2.45) is 40.4 Å². The Bertz CT molecular complexity index is 713. The summed E-state index contributed by atoms with van der Waals surface area (Å²) in [5.74, 6) is 3.90. The molecule has 0 aromatic carbocycles. The Morgan fingerprint density at radius 3 is 2.68 bits per heavy atom. The van der Waals surface area contributed by atoms with E-state index in [0.29, 0.717) is 23.2 Å². The van der Waals surface area contributed by atoms with Crippen LogP contribution in [0.4, 0.5) is 0 Å². The highest BCUT2D eigenvalue weighted by atomic mass is 16.5. The Kier molecular flexibility index (Phi) is 6.40. The van der Waals surface area contributed by atoms with E-state index in [-0.39, 0.29) is 5.97 Å². The first kappa shape index (κ1) is 23.3. The largest absolute Gasteiger partial charge is 0.469 e. The summed E-state index contributed by atoms with van der Waals surface area (Å²) in [7, 11) is 1.49. The molecule has 4 aliphatic rings. The molecule has 0 aromatic rings. The summed E-state index contributed by atoms with van der Waals surface area (Å²) in [5.41, 5.74) is 1.90. The summed E-state index contributed by atoms with van der Waals surface area (Å²) in [6.07, 6.45) is 15.9. The molecule has 4 aliphatic carbocycles. The van der Waals surface area contributed by atoms with Crippen LogP contribution in [0.3, 0.4) is 0 Å². The van der Waals surface area contributed by atoms with Crippen molar-refractivity contribution in [1.29, 1.82) is 0 Å². The van der Waals surface area contributed by atoms with E-state index < -0.39 is 5.60 Å². The van der Waals surface area contributed by atoms with Gasteiger partial charge in [0.05, 0.1) is 12.7 Å². The Morgan fingerprint density at radius 2 is 1.97 bits per heavy atom. The molecule has 0 radical (unpaired) electrons. The maximum Gasteiger partial charge on any atom is 0.305 e. The lowest BCUT2D eigenvalue weighted by Crippen LogP contribution is -2.52. The summed E-state index contributed by atoms with van der Waals surface area (Å²) in [6.45, 7) is 9.73. The van der Waals surface area contributed by atoms with Crippen LogP contribution in [0.25, 0.3) is 0 Å². The molecule has 3 nitrogen and oxygen atoms in total. The van der Waals surface area contributed by atoms with E-state index in [4.69, 9.17) is 4.74 Å². The number of methoxy groups -OCH3 is 1. The first-order chi connectivity index (χ1) is 14.7. The molecule has 31 heavy (non-hydrogen) atoms. The number of hydrogen-bond donors (Lipinski definition) is 1. The molecule has 0 heterocycles. The Hall–Kier alpha value is -0.830. The third-order valence-corrected chi connectivity index (χ3v) is 10.9. The zero-order valence-corrected chi connectivity index (χ0v) is 20.7. The van der Waals surface area contributed by atoms with E-state index in [1.807, 2.05) is 0 Å². The molecule has 1 N–H and O–H groups in total. The van der Waals surface area contributed by atoms with Gasteiger partial charge in [-0.3, -0.25) is 4.79 Å². The molecule has 3 fully saturated rings. The van der Waals surface area contributed by atoms with Crippen LogP contribution in [0.15, 0.2) is 11.6 Å². The smallest absolute Gasteiger partial charge is 0.305 e. The van der Waals surface area contributed by atoms with E-state index in [0.717, 1.165) is 55.8 Å². The van der Waals surface area contributed by atoms with Gasteiger partial charge in [-0.05, 0) is 111 Å². The van der Waals surface area contributed by atoms with Crippen LogP contribution in [-0.4, -0.2) is 23.8 Å². The van der Waals surface area contributed by atoms with Crippen molar-refractivity contribution in [2.75, 3.05) is 7.11 Å². The van der Waals surface area contributed by atoms with Gasteiger partial charge in [0.1, 0.15) is 0 Å². The molecule has 0 unspecified atom stereocenters. The second-order valence-electron chi connectivity index (χ2n) is 12.2. The first-order valence-electron chi connectivity index (χ1n) is 13.2. The van der Waals surface area contributed by atoms with Gasteiger partial charge < -0.3 is 9.84 Å². The van der Waals surface area contributed by atoms with Crippen LogP contribution >= 0.6 is 0 Å². The lowest BCUT2D eigenvalue weighted by atomic mass is 9.46. The third-order valence-electron chi connectivity index (χ3n) is 10.9. The summed E-state index contributed by atoms with van der Waals surface area (Å²) in [6, 6.07) is 0. The van der Waals surface area contributed by atoms with Crippen molar-refractivity contribution in [2.45, 2.75) is 110 Å². The van der Waals surface area contributed by atoms with Crippen molar-refractivity contribution in [1.82, 2.24) is 0 Å². The zero-order valence-electron chi connectivity index (χ0n) is 20.7. The van der Waals surface area contributed by atoms with Gasteiger partial charge in [0.15, 0.2) is 0 Å². The summed E-state index contributed by atoms with van der Waals surface area (Å²) in [4.78, 5) is 11.5. The Morgan fingerprint density at radius 1 is 1.19 bits per heavy atom. The van der Waals surface area contributed by atoms with E-state index in [1.54, 1.807) is 5.57 Å². The highest BCUT2D eigenvalue weighted by Gasteiger charge is 2.59. The van der Waals surface area contributed by atoms with Crippen LogP contribution < -0.4 is 0 Å². The number of ether oxygens (including phenoxy) is 1. The normalized spacial score (nSPS) is 45.2. The highest BCUT2D eigenvalue weighted by Crippen LogP contribution is 2.67. The summed E-state index contributed by atoms with van der Waals surface area (Å²) in [5, 5.41) is 11.0. The number of allylic oxidation sites excluding steroid dienone is 1. The van der Waals surface area contributed by atoms with E-state index in [1.165, 1.54) is 45.6 Å². The lowest BCUT2D eigenvalue weighted by Gasteiger charge is -2.59. The van der Waals surface area contributed by atoms with Gasteiger partial charge in [0, 0.05) is 6.42 Å². The third kappa shape index (κ3) is 3.91. The number of carbonyl (C=O) groups excluding carboxylic acids is 1. The van der Waals surface area contributed by atoms with E-state index in [9.17, 15) is 9.90 Å². The molecule has 0 spiro atoms. The molecule has 176 valence electrons. The number of rotatable bonds is 6. The SMILES string of the molecule is CC[C@]1(O)CC[C@@]2(C)C(=CC[C@H]3[C@@H]4CC[C@H]([C@H](C)CCCC(=O)OC)[C@@]4(C)CC[C@@H]32)C1. The number of carbonyl (C=O) groups is 1. The minimum absolute atomic E-state index is 0.0660. The maximum absolute atomic E-state index is 11.5. The fourth-order valence-corrected chi connectivity index (χ4v) is 8.86. The molecule has 0 amide bonds. The second kappa shape index (κ2) is 8.50.